The molecule has 12 nitrogen and oxygen atoms in total. The highest BCUT2D eigenvalue weighted by atomic mass is 16.6. The predicted molar refractivity (Wildman–Crippen MR) is 210 cm³/mol. The van der Waals surface area contributed by atoms with Crippen molar-refractivity contribution >= 4 is 40.4 Å². The highest BCUT2D eigenvalue weighted by Crippen LogP contribution is 2.34. The van der Waals surface area contributed by atoms with E-state index in [0.29, 0.717) is 25.5 Å². The van der Waals surface area contributed by atoms with Crippen molar-refractivity contribution in [1.29, 1.82) is 0 Å². The zero-order valence-corrected chi connectivity index (χ0v) is 31.9. The van der Waals surface area contributed by atoms with Crippen molar-refractivity contribution in [1.82, 2.24) is 25.1 Å². The Kier molecular flexibility index (Phi) is 10.3. The number of amidine groups is 1. The van der Waals surface area contributed by atoms with Gasteiger partial charge < -0.3 is 24.7 Å². The van der Waals surface area contributed by atoms with Crippen LogP contribution >= 0.6 is 0 Å². The van der Waals surface area contributed by atoms with E-state index in [9.17, 15) is 14.4 Å². The Bertz CT molecular complexity index is 2110. The van der Waals surface area contributed by atoms with Gasteiger partial charge in [0.15, 0.2) is 0 Å². The number of imidazole rings is 1. The van der Waals surface area contributed by atoms with Crippen molar-refractivity contribution < 1.29 is 23.9 Å². The van der Waals surface area contributed by atoms with Gasteiger partial charge in [0.2, 0.25) is 5.91 Å². The smallest absolute Gasteiger partial charge is 0.410 e. The van der Waals surface area contributed by atoms with Crippen molar-refractivity contribution in [3.63, 3.8) is 0 Å². The van der Waals surface area contributed by atoms with Crippen LogP contribution < -0.4 is 5.32 Å². The lowest BCUT2D eigenvalue weighted by atomic mass is 9.98. The van der Waals surface area contributed by atoms with Gasteiger partial charge in [0.1, 0.15) is 23.3 Å². The number of nitrogens with zero attached hydrogens (tertiary/aromatic N) is 5. The third-order valence-electron chi connectivity index (χ3n) is 10.4. The van der Waals surface area contributed by atoms with Gasteiger partial charge in [-0.3, -0.25) is 14.7 Å². The molecule has 3 aliphatic heterocycles. The van der Waals surface area contributed by atoms with Gasteiger partial charge in [0.05, 0.1) is 43.3 Å². The first kappa shape index (κ1) is 36.8. The number of H-pyrrole nitrogens is 1. The van der Waals surface area contributed by atoms with Crippen molar-refractivity contribution in [2.45, 2.75) is 84.0 Å². The van der Waals surface area contributed by atoms with Gasteiger partial charge in [-0.05, 0) is 92.0 Å². The van der Waals surface area contributed by atoms with Gasteiger partial charge >= 0.3 is 12.2 Å². The Labute approximate surface area is 316 Å². The number of aromatic nitrogens is 2. The SMILES string of the molecule is COC(=O)N[C@H](C(=O)N1CCC[C@H]1c1ncc(-c2ccc3cc(-c4ccc(C5=NC([C@@H]6CCCN6C(=O)OC(C)(C)C)=NC5)cc4)ccc3c2)[nH]1)C(C)C. The molecule has 2 saturated heterocycles. The molecule has 0 aliphatic carbocycles. The van der Waals surface area contributed by atoms with Crippen LogP contribution in [0.5, 0.6) is 0 Å². The minimum atomic E-state index is -0.679. The van der Waals surface area contributed by atoms with Gasteiger partial charge in [-0.1, -0.05) is 62.4 Å². The molecule has 2 fully saturated rings. The van der Waals surface area contributed by atoms with E-state index in [0.717, 1.165) is 75.9 Å². The maximum absolute atomic E-state index is 13.6. The van der Waals surface area contributed by atoms with Crippen molar-refractivity contribution in [3.05, 3.63) is 78.2 Å². The predicted octanol–water partition coefficient (Wildman–Crippen LogP) is 7.54. The Morgan fingerprint density at radius 1 is 0.852 bits per heavy atom. The zero-order valence-electron chi connectivity index (χ0n) is 31.9. The third-order valence-corrected chi connectivity index (χ3v) is 10.4. The summed E-state index contributed by atoms with van der Waals surface area (Å²) in [7, 11) is 1.30. The number of rotatable bonds is 8. The molecule has 0 unspecified atom stereocenters. The fourth-order valence-electron chi connectivity index (χ4n) is 7.57. The highest BCUT2D eigenvalue weighted by Gasteiger charge is 2.38. The molecule has 3 amide bonds. The Morgan fingerprint density at radius 3 is 2.17 bits per heavy atom. The van der Waals surface area contributed by atoms with E-state index in [1.165, 1.54) is 7.11 Å². The van der Waals surface area contributed by atoms with E-state index < -0.39 is 17.7 Å². The molecule has 0 saturated carbocycles. The van der Waals surface area contributed by atoms with Crippen LogP contribution in [-0.2, 0) is 14.3 Å². The standard InChI is InChI=1S/C42H49N7O5/c1-25(2)36(47-40(51)53-6)39(50)48-19-7-9-34(48)37-44-24-33(46-37)31-18-17-29-21-28(15-16-30(29)22-31)26-11-13-27(14-12-26)32-23-43-38(45-32)35-10-8-20-49(35)41(52)54-42(3,4)5/h11-18,21-22,24-25,34-36H,7-10,19-20,23H2,1-6H3,(H,44,46)(H,47,51)/t34-,35-,36-/m0/s1. The number of hydrogen-bond donors (Lipinski definition) is 2. The number of aromatic amines is 1. The number of carbonyl (C=O) groups excluding carboxylic acids is 3. The van der Waals surface area contributed by atoms with Crippen LogP contribution in [0.25, 0.3) is 33.2 Å². The maximum Gasteiger partial charge on any atom is 0.410 e. The highest BCUT2D eigenvalue weighted by molar-refractivity contribution is 6.14. The van der Waals surface area contributed by atoms with E-state index in [1.807, 2.05) is 45.7 Å². The average molecular weight is 732 g/mol. The molecule has 0 spiro atoms. The van der Waals surface area contributed by atoms with E-state index in [-0.39, 0.29) is 30.0 Å². The molecule has 0 radical (unpaired) electrons. The Morgan fingerprint density at radius 2 is 1.48 bits per heavy atom. The molecule has 2 N–H and O–H groups in total. The number of methoxy groups -OCH3 is 1. The van der Waals surface area contributed by atoms with Crippen LogP contribution in [0.15, 0.2) is 76.8 Å². The van der Waals surface area contributed by atoms with E-state index >= 15 is 0 Å². The molecular formula is C42H49N7O5. The summed E-state index contributed by atoms with van der Waals surface area (Å²) in [5, 5.41) is 4.93. The average Bonchev–Trinajstić information content (AvgIpc) is 3.98. The van der Waals surface area contributed by atoms with Crippen molar-refractivity contribution in [2.24, 2.45) is 15.9 Å². The summed E-state index contributed by atoms with van der Waals surface area (Å²) in [6.07, 6.45) is 4.29. The summed E-state index contributed by atoms with van der Waals surface area (Å²) in [5.41, 5.74) is 5.48. The maximum atomic E-state index is 13.6. The first-order valence-electron chi connectivity index (χ1n) is 18.8. The molecule has 4 aromatic rings. The second-order valence-corrected chi connectivity index (χ2v) is 15.6. The number of alkyl carbamates (subject to hydrolysis) is 1. The molecule has 4 heterocycles. The number of ether oxygens (including phenoxy) is 2. The number of carbonyl (C=O) groups is 3. The first-order chi connectivity index (χ1) is 25.9. The molecular weight excluding hydrogens is 683 g/mol. The lowest BCUT2D eigenvalue weighted by Gasteiger charge is -2.30. The summed E-state index contributed by atoms with van der Waals surface area (Å²) < 4.78 is 10.4. The van der Waals surface area contributed by atoms with Gasteiger partial charge in [-0.25, -0.2) is 19.6 Å². The lowest BCUT2D eigenvalue weighted by Crippen LogP contribution is -2.51. The van der Waals surface area contributed by atoms with E-state index in [1.54, 1.807) is 4.90 Å². The third kappa shape index (κ3) is 7.74. The van der Waals surface area contributed by atoms with Gasteiger partial charge in [0, 0.05) is 18.7 Å². The number of fused-ring (bicyclic) bond motifs is 1. The quantitative estimate of drug-likeness (QED) is 0.192. The minimum Gasteiger partial charge on any atom is -0.453 e. The van der Waals surface area contributed by atoms with Crippen LogP contribution in [0.3, 0.4) is 0 Å². The topological polar surface area (TPSA) is 142 Å². The molecule has 3 atom stereocenters. The number of nitrogens with one attached hydrogen (secondary N) is 2. The monoisotopic (exact) mass is 731 g/mol. The number of hydrogen-bond acceptors (Lipinski definition) is 8. The van der Waals surface area contributed by atoms with Gasteiger partial charge in [0.25, 0.3) is 0 Å². The van der Waals surface area contributed by atoms with E-state index in [2.05, 4.69) is 71.0 Å². The molecule has 282 valence electrons. The van der Waals surface area contributed by atoms with Crippen LogP contribution in [0.1, 0.15) is 77.7 Å². The normalized spacial score (nSPS) is 19.2. The molecule has 1 aromatic heterocycles. The second-order valence-electron chi connectivity index (χ2n) is 15.6. The van der Waals surface area contributed by atoms with Crippen molar-refractivity contribution in [3.8, 4) is 22.4 Å². The molecule has 7 rings (SSSR count). The number of likely N-dealkylation sites (tertiary alicyclic amines) is 2. The Balaban J connectivity index is 1.02. The summed E-state index contributed by atoms with van der Waals surface area (Å²) in [6.45, 7) is 11.2. The van der Waals surface area contributed by atoms with Crippen LogP contribution in [0.2, 0.25) is 0 Å². The lowest BCUT2D eigenvalue weighted by molar-refractivity contribution is -0.135. The van der Waals surface area contributed by atoms with Crippen LogP contribution in [-0.4, -0.2) is 93.8 Å². The van der Waals surface area contributed by atoms with Crippen LogP contribution in [0.4, 0.5) is 9.59 Å². The zero-order chi connectivity index (χ0) is 38.1. The number of aliphatic imine (C=N–C) groups is 2. The second kappa shape index (κ2) is 15.1. The molecule has 54 heavy (non-hydrogen) atoms. The van der Waals surface area contributed by atoms with E-state index in [4.69, 9.17) is 24.4 Å². The summed E-state index contributed by atoms with van der Waals surface area (Å²) in [5.74, 6) is 1.22. The van der Waals surface area contributed by atoms with Gasteiger partial charge in [-0.2, -0.15) is 0 Å². The summed E-state index contributed by atoms with van der Waals surface area (Å²) in [4.78, 5) is 59.7. The molecule has 12 heteroatoms. The van der Waals surface area contributed by atoms with Crippen LogP contribution in [0, 0.1) is 5.92 Å². The molecule has 0 bridgehead atoms. The fraction of sp³-hybridized carbons (Fsp3) is 0.429. The number of benzene rings is 3. The minimum absolute atomic E-state index is 0.0963. The molecule has 3 aromatic carbocycles. The summed E-state index contributed by atoms with van der Waals surface area (Å²) >= 11 is 0. The Hall–Kier alpha value is -5.52. The summed E-state index contributed by atoms with van der Waals surface area (Å²) in [6, 6.07) is 20.2. The first-order valence-corrected chi connectivity index (χ1v) is 18.8. The largest absolute Gasteiger partial charge is 0.453 e. The molecule has 3 aliphatic rings. The van der Waals surface area contributed by atoms with Crippen molar-refractivity contribution in [2.75, 3.05) is 26.7 Å². The fourth-order valence-corrected chi connectivity index (χ4v) is 7.57. The number of amides is 3. The van der Waals surface area contributed by atoms with Gasteiger partial charge in [-0.15, -0.1) is 0 Å².